The highest BCUT2D eigenvalue weighted by Gasteiger charge is 2.19. The molecule has 23 heavy (non-hydrogen) atoms. The second kappa shape index (κ2) is 5.02. The Balaban J connectivity index is 1.83. The Morgan fingerprint density at radius 2 is 2.13 bits per heavy atom. The minimum absolute atomic E-state index is 0.0156. The smallest absolute Gasteiger partial charge is 0.353 e. The van der Waals surface area contributed by atoms with Crippen molar-refractivity contribution in [2.45, 2.75) is 0 Å². The molecule has 0 bridgehead atoms. The van der Waals surface area contributed by atoms with Gasteiger partial charge in [0, 0.05) is 5.39 Å². The van der Waals surface area contributed by atoms with Crippen LogP contribution in [0.3, 0.4) is 0 Å². The van der Waals surface area contributed by atoms with Crippen molar-refractivity contribution in [3.8, 4) is 0 Å². The molecule has 0 fully saturated rings. The van der Waals surface area contributed by atoms with Crippen LogP contribution in [0.2, 0.25) is 0 Å². The largest absolute Gasteiger partial charge is 0.477 e. The molecule has 0 saturated carbocycles. The Labute approximate surface area is 136 Å². The summed E-state index contributed by atoms with van der Waals surface area (Å²) in [7, 11) is 0. The first-order valence-corrected chi connectivity index (χ1v) is 7.24. The first kappa shape index (κ1) is 13.6. The Bertz CT molecular complexity index is 1060. The van der Waals surface area contributed by atoms with Crippen molar-refractivity contribution < 1.29 is 9.90 Å². The molecule has 0 aliphatic carbocycles. The van der Waals surface area contributed by atoms with Crippen molar-refractivity contribution in [1.82, 2.24) is 30.1 Å². The molecule has 0 saturated heterocycles. The van der Waals surface area contributed by atoms with Crippen molar-refractivity contribution in [3.05, 3.63) is 35.0 Å². The third-order valence-electron chi connectivity index (χ3n) is 3.31. The van der Waals surface area contributed by atoms with Gasteiger partial charge in [0.15, 0.2) is 0 Å². The summed E-state index contributed by atoms with van der Waals surface area (Å²) in [4.78, 5) is 26.5. The van der Waals surface area contributed by atoms with Crippen LogP contribution < -0.4 is 5.32 Å². The fourth-order valence-corrected chi connectivity index (χ4v) is 2.91. The van der Waals surface area contributed by atoms with Gasteiger partial charge in [0.2, 0.25) is 0 Å². The van der Waals surface area contributed by atoms with Gasteiger partial charge in [-0.3, -0.25) is 5.10 Å². The minimum atomic E-state index is -1.08. The lowest BCUT2D eigenvalue weighted by Crippen LogP contribution is -1.97. The molecule has 9 nitrogen and oxygen atoms in total. The van der Waals surface area contributed by atoms with E-state index in [1.807, 2.05) is 6.07 Å². The number of pyridine rings is 1. The number of carboxylic acids is 1. The number of anilines is 2. The zero-order valence-corrected chi connectivity index (χ0v) is 12.9. The number of hydrogen-bond acceptors (Lipinski definition) is 6. The van der Waals surface area contributed by atoms with Crippen molar-refractivity contribution in [2.75, 3.05) is 5.32 Å². The van der Waals surface area contributed by atoms with E-state index in [0.717, 1.165) is 10.9 Å². The van der Waals surface area contributed by atoms with Crippen LogP contribution in [0.5, 0.6) is 0 Å². The van der Waals surface area contributed by atoms with E-state index in [1.165, 1.54) is 6.33 Å². The molecule has 4 N–H and O–H groups in total. The van der Waals surface area contributed by atoms with Gasteiger partial charge in [0.25, 0.3) is 0 Å². The van der Waals surface area contributed by atoms with Gasteiger partial charge in [-0.15, -0.1) is 0 Å². The van der Waals surface area contributed by atoms with Gasteiger partial charge in [-0.2, -0.15) is 5.10 Å². The molecule has 0 atom stereocenters. The van der Waals surface area contributed by atoms with Gasteiger partial charge in [-0.25, -0.2) is 19.7 Å². The molecule has 0 amide bonds. The van der Waals surface area contributed by atoms with Crippen LogP contribution in [-0.4, -0.2) is 41.2 Å². The average molecular weight is 374 g/mol. The standard InChI is InChI=1S/C13H8BrN7O2/c14-9-8-11(16-4-17-12(8)20-10(9)13(22)23)19-7-1-5-2-18-21-6(5)3-15-7/h1-4H,(H,18,21)(H,22,23)(H2,15,16,17,19,20). The van der Waals surface area contributed by atoms with Crippen LogP contribution in [0.15, 0.2) is 29.3 Å². The van der Waals surface area contributed by atoms with Crippen LogP contribution in [0.4, 0.5) is 11.6 Å². The fraction of sp³-hybridized carbons (Fsp3) is 0. The normalized spacial score (nSPS) is 11.2. The lowest BCUT2D eigenvalue weighted by atomic mass is 10.3. The average Bonchev–Trinajstić information content (AvgIpc) is 3.12. The van der Waals surface area contributed by atoms with E-state index in [-0.39, 0.29) is 5.69 Å². The van der Waals surface area contributed by atoms with Crippen molar-refractivity contribution in [1.29, 1.82) is 0 Å². The number of rotatable bonds is 3. The number of carbonyl (C=O) groups is 1. The molecular formula is C13H8BrN7O2. The summed E-state index contributed by atoms with van der Waals surface area (Å²) in [6.07, 6.45) is 4.68. The summed E-state index contributed by atoms with van der Waals surface area (Å²) in [5, 5.41) is 20.5. The number of hydrogen-bond donors (Lipinski definition) is 4. The zero-order chi connectivity index (χ0) is 16.0. The monoisotopic (exact) mass is 373 g/mol. The van der Waals surface area contributed by atoms with Crippen LogP contribution in [0.1, 0.15) is 10.5 Å². The highest BCUT2D eigenvalue weighted by molar-refractivity contribution is 9.10. The Morgan fingerprint density at radius 1 is 1.26 bits per heavy atom. The molecule has 0 radical (unpaired) electrons. The van der Waals surface area contributed by atoms with E-state index in [2.05, 4.69) is 51.4 Å². The number of carboxylic acid groups (broad SMARTS) is 1. The van der Waals surface area contributed by atoms with Crippen LogP contribution >= 0.6 is 15.9 Å². The summed E-state index contributed by atoms with van der Waals surface area (Å²) in [5.74, 6) is -0.0800. The van der Waals surface area contributed by atoms with E-state index in [4.69, 9.17) is 0 Å². The van der Waals surface area contributed by atoms with Crippen LogP contribution in [-0.2, 0) is 0 Å². The lowest BCUT2D eigenvalue weighted by molar-refractivity contribution is 0.0690. The highest BCUT2D eigenvalue weighted by Crippen LogP contribution is 2.32. The number of aromatic amines is 2. The summed E-state index contributed by atoms with van der Waals surface area (Å²) >= 11 is 3.28. The maximum absolute atomic E-state index is 11.2. The molecule has 0 aliphatic heterocycles. The Morgan fingerprint density at radius 3 is 2.96 bits per heavy atom. The van der Waals surface area contributed by atoms with Gasteiger partial charge >= 0.3 is 5.97 Å². The molecule has 10 heteroatoms. The Kier molecular flexibility index (Phi) is 2.98. The third kappa shape index (κ3) is 2.19. The summed E-state index contributed by atoms with van der Waals surface area (Å²) < 4.78 is 0.382. The van der Waals surface area contributed by atoms with Gasteiger partial charge in [0.05, 0.1) is 27.8 Å². The number of aromatic nitrogens is 6. The zero-order valence-electron chi connectivity index (χ0n) is 11.3. The number of fused-ring (bicyclic) bond motifs is 2. The topological polar surface area (TPSA) is 132 Å². The molecule has 0 aromatic carbocycles. The number of aromatic carboxylic acids is 1. The molecule has 114 valence electrons. The highest BCUT2D eigenvalue weighted by atomic mass is 79.9. The molecule has 0 unspecified atom stereocenters. The van der Waals surface area contributed by atoms with Crippen molar-refractivity contribution in [3.63, 3.8) is 0 Å². The first-order valence-electron chi connectivity index (χ1n) is 6.45. The molecular weight excluding hydrogens is 366 g/mol. The number of halogens is 1. The van der Waals surface area contributed by atoms with Crippen LogP contribution in [0, 0.1) is 0 Å². The van der Waals surface area contributed by atoms with Gasteiger partial charge in [-0.1, -0.05) is 0 Å². The summed E-state index contributed by atoms with van der Waals surface area (Å²) in [6.45, 7) is 0. The van der Waals surface area contributed by atoms with Gasteiger partial charge in [0.1, 0.15) is 29.3 Å². The van der Waals surface area contributed by atoms with Gasteiger partial charge in [-0.05, 0) is 22.0 Å². The SMILES string of the molecule is O=C(O)c1[nH]c2ncnc(Nc3cc4cn[nH]c4cn3)c2c1Br. The number of H-pyrrole nitrogens is 2. The Hall–Kier alpha value is -3.01. The van der Waals surface area contributed by atoms with Crippen molar-refractivity contribution in [2.24, 2.45) is 0 Å². The minimum Gasteiger partial charge on any atom is -0.477 e. The molecule has 4 aromatic heterocycles. The van der Waals surface area contributed by atoms with E-state index in [0.29, 0.717) is 27.1 Å². The second-order valence-corrected chi connectivity index (χ2v) is 5.51. The summed E-state index contributed by atoms with van der Waals surface area (Å²) in [5.41, 5.74) is 1.25. The van der Waals surface area contributed by atoms with Crippen LogP contribution in [0.25, 0.3) is 21.9 Å². The molecule has 0 spiro atoms. The summed E-state index contributed by atoms with van der Waals surface area (Å²) in [6, 6.07) is 1.81. The quantitative estimate of drug-likeness (QED) is 0.433. The lowest BCUT2D eigenvalue weighted by Gasteiger charge is -2.05. The first-order chi connectivity index (χ1) is 11.1. The molecule has 4 rings (SSSR count). The fourth-order valence-electron chi connectivity index (χ4n) is 2.26. The predicted octanol–water partition coefficient (Wildman–Crippen LogP) is 2.43. The van der Waals surface area contributed by atoms with Gasteiger partial charge < -0.3 is 15.4 Å². The van der Waals surface area contributed by atoms with E-state index in [9.17, 15) is 9.90 Å². The van der Waals surface area contributed by atoms with E-state index in [1.54, 1.807) is 12.4 Å². The molecule has 0 aliphatic rings. The number of nitrogens with zero attached hydrogens (tertiary/aromatic N) is 4. The second-order valence-electron chi connectivity index (χ2n) is 4.72. The maximum Gasteiger partial charge on any atom is 0.353 e. The van der Waals surface area contributed by atoms with Crippen molar-refractivity contribution >= 4 is 55.5 Å². The molecule has 4 heterocycles. The van der Waals surface area contributed by atoms with E-state index < -0.39 is 5.97 Å². The maximum atomic E-state index is 11.2. The third-order valence-corrected chi connectivity index (χ3v) is 4.11. The van der Waals surface area contributed by atoms with E-state index >= 15 is 0 Å². The molecule has 4 aromatic rings. The predicted molar refractivity (Wildman–Crippen MR) is 85.7 cm³/mol. The number of nitrogens with one attached hydrogen (secondary N) is 3.